The molecule has 1 aromatic rings. The Labute approximate surface area is 155 Å². The van der Waals surface area contributed by atoms with Gasteiger partial charge in [0.1, 0.15) is 0 Å². The molecule has 10 nitrogen and oxygen atoms in total. The standard InChI is InChI=1S/C17H23N5O5/c1-19-10-8-9-11(15(24)20(2)14(9)23)13(18-22-4-6-27-7-5-22)12(10)16(25)21(3)17(19)26/h9,11,13,18H,4-8H2,1-3H3/t9-,11-,13-/m1/s1. The molecule has 2 aliphatic heterocycles. The number of carbonyl (C=O) groups excluding carboxylic acids is 2. The van der Waals surface area contributed by atoms with Crippen molar-refractivity contribution in [2.24, 2.45) is 25.9 Å². The van der Waals surface area contributed by atoms with Crippen LogP contribution in [0.15, 0.2) is 9.59 Å². The predicted octanol–water partition coefficient (Wildman–Crippen LogP) is -2.25. The van der Waals surface area contributed by atoms with E-state index in [4.69, 9.17) is 4.74 Å². The van der Waals surface area contributed by atoms with E-state index in [1.165, 1.54) is 18.7 Å². The first-order valence-corrected chi connectivity index (χ1v) is 9.02. The summed E-state index contributed by atoms with van der Waals surface area (Å²) < 4.78 is 7.82. The summed E-state index contributed by atoms with van der Waals surface area (Å²) in [6.07, 6.45) is 0.206. The summed E-state index contributed by atoms with van der Waals surface area (Å²) in [5.74, 6) is -1.80. The molecule has 10 heteroatoms. The highest BCUT2D eigenvalue weighted by Crippen LogP contribution is 2.42. The van der Waals surface area contributed by atoms with E-state index in [0.29, 0.717) is 37.6 Å². The van der Waals surface area contributed by atoms with Gasteiger partial charge in [-0.3, -0.25) is 23.9 Å². The summed E-state index contributed by atoms with van der Waals surface area (Å²) in [5, 5.41) is 1.92. The third-order valence-corrected chi connectivity index (χ3v) is 5.94. The molecule has 0 spiro atoms. The molecule has 146 valence electrons. The second-order valence-electron chi connectivity index (χ2n) is 7.34. The maximum absolute atomic E-state index is 13.0. The van der Waals surface area contributed by atoms with Crippen molar-refractivity contribution < 1.29 is 14.3 Å². The normalized spacial score (nSPS) is 28.4. The van der Waals surface area contributed by atoms with Crippen LogP contribution in [-0.4, -0.2) is 64.2 Å². The Morgan fingerprint density at radius 2 is 1.63 bits per heavy atom. The molecule has 1 aromatic heterocycles. The molecule has 0 radical (unpaired) electrons. The van der Waals surface area contributed by atoms with E-state index in [9.17, 15) is 19.2 Å². The minimum absolute atomic E-state index is 0.206. The van der Waals surface area contributed by atoms with Gasteiger partial charge < -0.3 is 9.30 Å². The summed E-state index contributed by atoms with van der Waals surface area (Å²) in [5.41, 5.74) is 3.35. The SMILES string of the molecule is CN1C(=O)[C@@H]2[C@@H](Cc3c(c(=O)n(C)c(=O)n3C)[C@@H]2NN2CCOCC2)C1=O. The average Bonchev–Trinajstić information content (AvgIpc) is 2.89. The third kappa shape index (κ3) is 2.59. The molecule has 2 fully saturated rings. The van der Waals surface area contributed by atoms with E-state index >= 15 is 0 Å². The van der Waals surface area contributed by atoms with Crippen LogP contribution in [0.3, 0.4) is 0 Å². The van der Waals surface area contributed by atoms with Crippen molar-refractivity contribution in [3.8, 4) is 0 Å². The summed E-state index contributed by atoms with van der Waals surface area (Å²) >= 11 is 0. The van der Waals surface area contributed by atoms with Crippen molar-refractivity contribution in [1.82, 2.24) is 24.5 Å². The topological polar surface area (TPSA) is 106 Å². The lowest BCUT2D eigenvalue weighted by Crippen LogP contribution is -2.55. The minimum atomic E-state index is -0.664. The Morgan fingerprint density at radius 3 is 2.30 bits per heavy atom. The average molecular weight is 377 g/mol. The predicted molar refractivity (Wildman–Crippen MR) is 93.7 cm³/mol. The van der Waals surface area contributed by atoms with E-state index in [1.807, 2.05) is 5.01 Å². The van der Waals surface area contributed by atoms with Crippen LogP contribution in [0.4, 0.5) is 0 Å². The molecule has 2 saturated heterocycles. The molecule has 0 saturated carbocycles. The molecule has 4 rings (SSSR count). The summed E-state index contributed by atoms with van der Waals surface area (Å²) in [6, 6.07) is -0.663. The molecule has 3 heterocycles. The number of hydrogen-bond donors (Lipinski definition) is 1. The number of nitrogens with one attached hydrogen (secondary N) is 1. The highest BCUT2D eigenvalue weighted by Gasteiger charge is 2.54. The van der Waals surface area contributed by atoms with Crippen LogP contribution in [-0.2, 0) is 34.8 Å². The maximum Gasteiger partial charge on any atom is 0.330 e. The summed E-state index contributed by atoms with van der Waals surface area (Å²) in [6.45, 7) is 2.29. The van der Waals surface area contributed by atoms with Crippen LogP contribution in [0.1, 0.15) is 17.3 Å². The zero-order valence-electron chi connectivity index (χ0n) is 15.6. The number of likely N-dealkylation sites (tertiary alicyclic amines) is 1. The van der Waals surface area contributed by atoms with Gasteiger partial charge in [0.15, 0.2) is 0 Å². The molecule has 0 unspecified atom stereocenters. The number of hydrogen-bond acceptors (Lipinski definition) is 7. The second-order valence-corrected chi connectivity index (χ2v) is 7.34. The number of carbonyl (C=O) groups is 2. The lowest BCUT2D eigenvalue weighted by atomic mass is 9.76. The second kappa shape index (κ2) is 6.39. The van der Waals surface area contributed by atoms with Gasteiger partial charge in [0, 0.05) is 46.3 Å². The number of aromatic nitrogens is 2. The molecular formula is C17H23N5O5. The van der Waals surface area contributed by atoms with Crippen molar-refractivity contribution in [1.29, 1.82) is 0 Å². The molecule has 1 N–H and O–H groups in total. The lowest BCUT2D eigenvalue weighted by Gasteiger charge is -2.38. The molecule has 2 amide bonds. The van der Waals surface area contributed by atoms with Gasteiger partial charge in [-0.25, -0.2) is 15.2 Å². The monoisotopic (exact) mass is 377 g/mol. The Hall–Kier alpha value is -2.30. The Morgan fingerprint density at radius 1 is 0.963 bits per heavy atom. The summed E-state index contributed by atoms with van der Waals surface area (Å²) in [4.78, 5) is 51.9. The first-order valence-electron chi connectivity index (χ1n) is 9.02. The van der Waals surface area contributed by atoms with Gasteiger partial charge in [0.25, 0.3) is 5.56 Å². The first-order chi connectivity index (χ1) is 12.8. The van der Waals surface area contributed by atoms with Gasteiger partial charge in [0.05, 0.1) is 36.7 Å². The van der Waals surface area contributed by atoms with Crippen molar-refractivity contribution in [3.63, 3.8) is 0 Å². The smallest absolute Gasteiger partial charge is 0.330 e. The van der Waals surface area contributed by atoms with Gasteiger partial charge in [-0.1, -0.05) is 0 Å². The fraction of sp³-hybridized carbons (Fsp3) is 0.647. The zero-order valence-corrected chi connectivity index (χ0v) is 15.6. The van der Waals surface area contributed by atoms with Crippen LogP contribution in [0.2, 0.25) is 0 Å². The Bertz CT molecular complexity index is 929. The molecule has 27 heavy (non-hydrogen) atoms. The van der Waals surface area contributed by atoms with E-state index in [-0.39, 0.29) is 18.2 Å². The van der Waals surface area contributed by atoms with Crippen molar-refractivity contribution in [3.05, 3.63) is 32.1 Å². The number of fused-ring (bicyclic) bond motifs is 2. The minimum Gasteiger partial charge on any atom is -0.379 e. The molecule has 3 aliphatic rings. The van der Waals surface area contributed by atoms with E-state index in [1.54, 1.807) is 7.05 Å². The van der Waals surface area contributed by atoms with E-state index < -0.39 is 29.1 Å². The van der Waals surface area contributed by atoms with Gasteiger partial charge in [-0.15, -0.1) is 0 Å². The van der Waals surface area contributed by atoms with Crippen molar-refractivity contribution in [2.75, 3.05) is 33.4 Å². The van der Waals surface area contributed by atoms with Crippen LogP contribution in [0, 0.1) is 11.8 Å². The van der Waals surface area contributed by atoms with Crippen molar-refractivity contribution in [2.45, 2.75) is 12.5 Å². The van der Waals surface area contributed by atoms with E-state index in [2.05, 4.69) is 5.43 Å². The fourth-order valence-electron chi connectivity index (χ4n) is 4.39. The molecule has 3 atom stereocenters. The quantitative estimate of drug-likeness (QED) is 0.581. The van der Waals surface area contributed by atoms with Gasteiger partial charge in [0.2, 0.25) is 11.8 Å². The van der Waals surface area contributed by atoms with Crippen LogP contribution >= 0.6 is 0 Å². The first kappa shape index (κ1) is 18.1. The fourth-order valence-corrected chi connectivity index (χ4v) is 4.39. The maximum atomic E-state index is 13.0. The van der Waals surface area contributed by atoms with Gasteiger partial charge >= 0.3 is 5.69 Å². The number of nitrogens with zero attached hydrogens (tertiary/aromatic N) is 4. The van der Waals surface area contributed by atoms with Crippen LogP contribution in [0.5, 0.6) is 0 Å². The summed E-state index contributed by atoms with van der Waals surface area (Å²) in [7, 11) is 4.49. The highest BCUT2D eigenvalue weighted by molar-refractivity contribution is 6.05. The number of hydrazine groups is 1. The number of morpholine rings is 1. The number of ether oxygens (including phenoxy) is 1. The van der Waals surface area contributed by atoms with Crippen molar-refractivity contribution >= 4 is 11.8 Å². The Kier molecular flexibility index (Phi) is 4.28. The van der Waals surface area contributed by atoms with Crippen LogP contribution < -0.4 is 16.7 Å². The van der Waals surface area contributed by atoms with Crippen LogP contribution in [0.25, 0.3) is 0 Å². The zero-order chi connectivity index (χ0) is 19.5. The van der Waals surface area contributed by atoms with Gasteiger partial charge in [-0.05, 0) is 0 Å². The van der Waals surface area contributed by atoms with Gasteiger partial charge in [-0.2, -0.15) is 0 Å². The molecular weight excluding hydrogens is 354 g/mol. The largest absolute Gasteiger partial charge is 0.379 e. The number of imide groups is 1. The third-order valence-electron chi connectivity index (χ3n) is 5.94. The molecule has 0 bridgehead atoms. The van der Waals surface area contributed by atoms with E-state index in [0.717, 1.165) is 9.47 Å². The molecule has 0 aromatic carbocycles. The molecule has 1 aliphatic carbocycles. The number of amides is 2. The Balaban J connectivity index is 1.88. The highest BCUT2D eigenvalue weighted by atomic mass is 16.5. The lowest BCUT2D eigenvalue weighted by molar-refractivity contribution is -0.138. The number of rotatable bonds is 2.